The molecule has 1 fully saturated rings. The largest absolute Gasteiger partial charge is 0.365 e. The van der Waals surface area contributed by atoms with Crippen molar-refractivity contribution in [3.05, 3.63) is 41.9 Å². The van der Waals surface area contributed by atoms with Gasteiger partial charge in [0.1, 0.15) is 11.5 Å². The summed E-state index contributed by atoms with van der Waals surface area (Å²) in [5.41, 5.74) is 3.18. The number of pyridine rings is 1. The van der Waals surface area contributed by atoms with Crippen molar-refractivity contribution in [2.24, 2.45) is 0 Å². The van der Waals surface area contributed by atoms with E-state index in [4.69, 9.17) is 9.97 Å². The molecule has 0 amide bonds. The molecule has 23 heavy (non-hydrogen) atoms. The van der Waals surface area contributed by atoms with Crippen molar-refractivity contribution in [3.63, 3.8) is 0 Å². The van der Waals surface area contributed by atoms with Gasteiger partial charge in [-0.1, -0.05) is 0 Å². The van der Waals surface area contributed by atoms with Crippen LogP contribution in [0.3, 0.4) is 0 Å². The maximum absolute atomic E-state index is 4.78. The van der Waals surface area contributed by atoms with Crippen molar-refractivity contribution in [3.8, 4) is 0 Å². The summed E-state index contributed by atoms with van der Waals surface area (Å²) in [5, 5.41) is 4.50. The Morgan fingerprint density at radius 2 is 1.96 bits per heavy atom. The van der Waals surface area contributed by atoms with Crippen LogP contribution in [0.1, 0.15) is 24.1 Å². The van der Waals surface area contributed by atoms with Gasteiger partial charge in [-0.25, -0.2) is 0 Å². The molecule has 0 aliphatic carbocycles. The minimum absolute atomic E-state index is 0.721. The lowest BCUT2D eigenvalue weighted by molar-refractivity contribution is 0.903. The minimum Gasteiger partial charge on any atom is -0.365 e. The molecule has 0 saturated carbocycles. The van der Waals surface area contributed by atoms with Crippen LogP contribution in [0.4, 0.5) is 11.8 Å². The van der Waals surface area contributed by atoms with Gasteiger partial charge in [0.15, 0.2) is 0 Å². The van der Waals surface area contributed by atoms with E-state index in [0.717, 1.165) is 48.1 Å². The van der Waals surface area contributed by atoms with E-state index in [2.05, 4.69) is 26.3 Å². The van der Waals surface area contributed by atoms with E-state index in [1.54, 1.807) is 0 Å². The highest BCUT2D eigenvalue weighted by Crippen LogP contribution is 2.26. The fourth-order valence-electron chi connectivity index (χ4n) is 3.01. The smallest absolute Gasteiger partial charge is 0.229 e. The molecule has 0 bridgehead atoms. The number of aryl methyl sites for hydroxylation is 1. The van der Waals surface area contributed by atoms with Crippen molar-refractivity contribution in [1.29, 1.82) is 0 Å². The van der Waals surface area contributed by atoms with Crippen LogP contribution in [-0.4, -0.2) is 33.0 Å². The number of H-pyrrole nitrogens is 1. The molecule has 6 heteroatoms. The number of aromatic amines is 1. The zero-order valence-corrected chi connectivity index (χ0v) is 13.2. The maximum Gasteiger partial charge on any atom is 0.229 e. The summed E-state index contributed by atoms with van der Waals surface area (Å²) < 4.78 is 0. The highest BCUT2D eigenvalue weighted by molar-refractivity contribution is 5.89. The van der Waals surface area contributed by atoms with E-state index in [1.807, 2.05) is 31.5 Å². The normalized spacial score (nSPS) is 14.6. The highest BCUT2D eigenvalue weighted by atomic mass is 15.3. The third-order valence-corrected chi connectivity index (χ3v) is 4.21. The Bertz CT molecular complexity index is 805. The number of rotatable bonds is 4. The van der Waals surface area contributed by atoms with Crippen molar-refractivity contribution in [1.82, 2.24) is 19.9 Å². The van der Waals surface area contributed by atoms with E-state index in [1.165, 1.54) is 18.4 Å². The van der Waals surface area contributed by atoms with Gasteiger partial charge in [0.25, 0.3) is 0 Å². The number of hydrogen-bond donors (Lipinski definition) is 2. The SMILES string of the molecule is Cc1cc2c(NCc3ccncc3)nc(N3CCCC3)nc2[nH]1. The molecular weight excluding hydrogens is 288 g/mol. The van der Waals surface area contributed by atoms with Crippen LogP contribution in [0, 0.1) is 6.92 Å². The first-order valence-electron chi connectivity index (χ1n) is 8.05. The Kier molecular flexibility index (Phi) is 3.57. The fourth-order valence-corrected chi connectivity index (χ4v) is 3.01. The maximum atomic E-state index is 4.78. The summed E-state index contributed by atoms with van der Waals surface area (Å²) in [6.07, 6.45) is 6.04. The van der Waals surface area contributed by atoms with Crippen LogP contribution in [0.15, 0.2) is 30.6 Å². The molecule has 0 atom stereocenters. The van der Waals surface area contributed by atoms with Crippen LogP contribution >= 0.6 is 0 Å². The molecule has 1 saturated heterocycles. The summed E-state index contributed by atoms with van der Waals surface area (Å²) in [7, 11) is 0. The van der Waals surface area contributed by atoms with Gasteiger partial charge in [-0.2, -0.15) is 9.97 Å². The quantitative estimate of drug-likeness (QED) is 0.775. The Hall–Kier alpha value is -2.63. The molecule has 4 rings (SSSR count). The minimum atomic E-state index is 0.721. The highest BCUT2D eigenvalue weighted by Gasteiger charge is 2.18. The summed E-state index contributed by atoms with van der Waals surface area (Å²) >= 11 is 0. The number of hydrogen-bond acceptors (Lipinski definition) is 5. The Labute approximate surface area is 135 Å². The van der Waals surface area contributed by atoms with Crippen LogP contribution in [-0.2, 0) is 6.54 Å². The van der Waals surface area contributed by atoms with Crippen molar-refractivity contribution in [2.45, 2.75) is 26.3 Å². The number of aromatic nitrogens is 4. The van der Waals surface area contributed by atoms with Crippen LogP contribution < -0.4 is 10.2 Å². The van der Waals surface area contributed by atoms with Gasteiger partial charge in [-0.05, 0) is 43.5 Å². The molecule has 0 radical (unpaired) electrons. The second-order valence-electron chi connectivity index (χ2n) is 5.99. The summed E-state index contributed by atoms with van der Waals surface area (Å²) in [6, 6.07) is 6.11. The zero-order chi connectivity index (χ0) is 15.6. The molecule has 0 aromatic carbocycles. The van der Waals surface area contributed by atoms with Gasteiger partial charge in [0, 0.05) is 37.7 Å². The van der Waals surface area contributed by atoms with Crippen molar-refractivity contribution >= 4 is 22.8 Å². The molecule has 0 spiro atoms. The Morgan fingerprint density at radius 1 is 1.17 bits per heavy atom. The van der Waals surface area contributed by atoms with Gasteiger partial charge in [-0.3, -0.25) is 4.98 Å². The molecule has 1 aliphatic heterocycles. The molecule has 2 N–H and O–H groups in total. The summed E-state index contributed by atoms with van der Waals surface area (Å²) in [6.45, 7) is 4.84. The van der Waals surface area contributed by atoms with E-state index in [9.17, 15) is 0 Å². The lowest BCUT2D eigenvalue weighted by atomic mass is 10.2. The van der Waals surface area contributed by atoms with E-state index >= 15 is 0 Å². The molecule has 4 heterocycles. The third-order valence-electron chi connectivity index (χ3n) is 4.21. The molecular formula is C17H20N6. The molecule has 3 aromatic heterocycles. The Balaban J connectivity index is 1.68. The first kappa shape index (κ1) is 14.0. The van der Waals surface area contributed by atoms with E-state index in [0.29, 0.717) is 0 Å². The first-order chi connectivity index (χ1) is 11.3. The van der Waals surface area contributed by atoms with Gasteiger partial charge >= 0.3 is 0 Å². The Morgan fingerprint density at radius 3 is 2.74 bits per heavy atom. The molecule has 1 aliphatic rings. The number of anilines is 2. The van der Waals surface area contributed by atoms with Crippen LogP contribution in [0.2, 0.25) is 0 Å². The second kappa shape index (κ2) is 5.87. The summed E-state index contributed by atoms with van der Waals surface area (Å²) in [4.78, 5) is 19.1. The molecule has 0 unspecified atom stereocenters. The summed E-state index contributed by atoms with van der Waals surface area (Å²) in [5.74, 6) is 1.70. The molecule has 118 valence electrons. The first-order valence-corrected chi connectivity index (χ1v) is 8.05. The van der Waals surface area contributed by atoms with Gasteiger partial charge in [0.05, 0.1) is 5.39 Å². The second-order valence-corrected chi connectivity index (χ2v) is 5.99. The van der Waals surface area contributed by atoms with Gasteiger partial charge in [-0.15, -0.1) is 0 Å². The average Bonchev–Trinajstić information content (AvgIpc) is 3.21. The fraction of sp³-hybridized carbons (Fsp3) is 0.353. The van der Waals surface area contributed by atoms with Crippen LogP contribution in [0.25, 0.3) is 11.0 Å². The standard InChI is InChI=1S/C17H20N6/c1-12-10-14-15(19-11-13-4-6-18-7-5-13)21-17(22-16(14)20-12)23-8-2-3-9-23/h4-7,10H,2-3,8-9,11H2,1H3,(H2,19,20,21,22). The van der Waals surface area contributed by atoms with Gasteiger partial charge < -0.3 is 15.2 Å². The average molecular weight is 308 g/mol. The van der Waals surface area contributed by atoms with Gasteiger partial charge in [0.2, 0.25) is 5.95 Å². The third kappa shape index (κ3) is 2.84. The monoisotopic (exact) mass is 308 g/mol. The lowest BCUT2D eigenvalue weighted by Crippen LogP contribution is -2.21. The predicted molar refractivity (Wildman–Crippen MR) is 91.6 cm³/mol. The van der Waals surface area contributed by atoms with E-state index in [-0.39, 0.29) is 0 Å². The van der Waals surface area contributed by atoms with E-state index < -0.39 is 0 Å². The van der Waals surface area contributed by atoms with Crippen LogP contribution in [0.5, 0.6) is 0 Å². The topological polar surface area (TPSA) is 69.7 Å². The predicted octanol–water partition coefficient (Wildman–Crippen LogP) is 2.87. The number of nitrogens with zero attached hydrogens (tertiary/aromatic N) is 4. The van der Waals surface area contributed by atoms with Crippen molar-refractivity contribution in [2.75, 3.05) is 23.3 Å². The number of fused-ring (bicyclic) bond motifs is 1. The molecule has 3 aromatic rings. The van der Waals surface area contributed by atoms with Crippen molar-refractivity contribution < 1.29 is 0 Å². The number of nitrogens with one attached hydrogen (secondary N) is 2. The zero-order valence-electron chi connectivity index (χ0n) is 13.2. The lowest BCUT2D eigenvalue weighted by Gasteiger charge is -2.16. The molecule has 6 nitrogen and oxygen atoms in total.